The number of nitrogens with zero attached hydrogens (tertiary/aromatic N) is 1. The van der Waals surface area contributed by atoms with Gasteiger partial charge in [0.25, 0.3) is 11.8 Å². The standard InChI is InChI=1S/C26H23ClN2O3S/c27-21-9-3-1-6-18(21)16-29-22-14-17(25(30)28-15-19-7-5-13-32-19)11-12-24(22)33-23-10-4-2-8-20(23)26(29)31/h1-4,6,8-12,14,19H,5,7,13,15-16H2,(H,28,30). The molecule has 168 valence electrons. The van der Waals surface area contributed by atoms with Gasteiger partial charge in [-0.2, -0.15) is 0 Å². The van der Waals surface area contributed by atoms with Crippen molar-refractivity contribution in [2.75, 3.05) is 18.1 Å². The van der Waals surface area contributed by atoms with Crippen molar-refractivity contribution in [3.8, 4) is 0 Å². The molecule has 0 radical (unpaired) electrons. The van der Waals surface area contributed by atoms with Gasteiger partial charge in [0.05, 0.1) is 23.9 Å². The lowest BCUT2D eigenvalue weighted by atomic mass is 10.1. The van der Waals surface area contributed by atoms with Gasteiger partial charge in [0.2, 0.25) is 0 Å². The van der Waals surface area contributed by atoms with Gasteiger partial charge < -0.3 is 15.0 Å². The smallest absolute Gasteiger partial charge is 0.259 e. The van der Waals surface area contributed by atoms with E-state index in [1.807, 2.05) is 60.7 Å². The van der Waals surface area contributed by atoms with Crippen LogP contribution in [0.1, 0.15) is 39.1 Å². The zero-order valence-electron chi connectivity index (χ0n) is 17.9. The second kappa shape index (κ2) is 9.59. The molecular weight excluding hydrogens is 456 g/mol. The van der Waals surface area contributed by atoms with Crippen molar-refractivity contribution in [3.05, 3.63) is 88.4 Å². The summed E-state index contributed by atoms with van der Waals surface area (Å²) in [6.45, 7) is 1.54. The first-order valence-electron chi connectivity index (χ1n) is 11.0. The number of hydrogen-bond acceptors (Lipinski definition) is 4. The van der Waals surface area contributed by atoms with Crippen LogP contribution in [0.15, 0.2) is 76.5 Å². The minimum absolute atomic E-state index is 0.0677. The predicted molar refractivity (Wildman–Crippen MR) is 130 cm³/mol. The molecule has 1 atom stereocenters. The Morgan fingerprint density at radius 3 is 2.73 bits per heavy atom. The van der Waals surface area contributed by atoms with Crippen molar-refractivity contribution >= 4 is 40.9 Å². The summed E-state index contributed by atoms with van der Waals surface area (Å²) in [6.07, 6.45) is 2.05. The molecule has 33 heavy (non-hydrogen) atoms. The quantitative estimate of drug-likeness (QED) is 0.521. The van der Waals surface area contributed by atoms with Crippen LogP contribution in [-0.2, 0) is 11.3 Å². The van der Waals surface area contributed by atoms with E-state index in [2.05, 4.69) is 5.32 Å². The van der Waals surface area contributed by atoms with Gasteiger partial charge in [0.1, 0.15) is 0 Å². The van der Waals surface area contributed by atoms with Gasteiger partial charge in [-0.3, -0.25) is 9.59 Å². The van der Waals surface area contributed by atoms with Crippen LogP contribution in [0.5, 0.6) is 0 Å². The number of nitrogens with one attached hydrogen (secondary N) is 1. The first-order valence-corrected chi connectivity index (χ1v) is 12.2. The molecule has 5 rings (SSSR count). The van der Waals surface area contributed by atoms with E-state index >= 15 is 0 Å². The molecule has 2 aliphatic heterocycles. The van der Waals surface area contributed by atoms with Crippen molar-refractivity contribution in [1.82, 2.24) is 5.32 Å². The summed E-state index contributed by atoms with van der Waals surface area (Å²) in [5.41, 5.74) is 2.69. The number of halogens is 1. The molecule has 2 aliphatic rings. The number of carbonyl (C=O) groups excluding carboxylic acids is 2. The summed E-state index contributed by atoms with van der Waals surface area (Å²) in [5, 5.41) is 3.57. The van der Waals surface area contributed by atoms with E-state index in [0.29, 0.717) is 34.9 Å². The number of hydrogen-bond donors (Lipinski definition) is 1. The predicted octanol–water partition coefficient (Wildman–Crippen LogP) is 5.56. The lowest BCUT2D eigenvalue weighted by Crippen LogP contribution is -2.33. The van der Waals surface area contributed by atoms with Crippen molar-refractivity contribution in [3.63, 3.8) is 0 Å². The summed E-state index contributed by atoms with van der Waals surface area (Å²) in [4.78, 5) is 30.1. The third-order valence-corrected chi connectivity index (χ3v) is 7.40. The Labute approximate surface area is 202 Å². The maximum Gasteiger partial charge on any atom is 0.259 e. The highest BCUT2D eigenvalue weighted by Crippen LogP contribution is 2.42. The van der Waals surface area contributed by atoms with Crippen LogP contribution in [-0.4, -0.2) is 31.1 Å². The number of rotatable bonds is 5. The molecule has 7 heteroatoms. The summed E-state index contributed by atoms with van der Waals surface area (Å²) in [7, 11) is 0. The van der Waals surface area contributed by atoms with Crippen molar-refractivity contribution in [2.24, 2.45) is 0 Å². The van der Waals surface area contributed by atoms with Crippen molar-refractivity contribution < 1.29 is 14.3 Å². The van der Waals surface area contributed by atoms with Gasteiger partial charge in [-0.25, -0.2) is 0 Å². The Bertz CT molecular complexity index is 1210. The van der Waals surface area contributed by atoms with Gasteiger partial charge in [0, 0.05) is 33.5 Å². The van der Waals surface area contributed by atoms with Crippen LogP contribution in [0.3, 0.4) is 0 Å². The molecule has 0 bridgehead atoms. The monoisotopic (exact) mass is 478 g/mol. The lowest BCUT2D eigenvalue weighted by molar-refractivity contribution is 0.0857. The van der Waals surface area contributed by atoms with E-state index in [-0.39, 0.29) is 17.9 Å². The third-order valence-electron chi connectivity index (χ3n) is 5.90. The largest absolute Gasteiger partial charge is 0.376 e. The van der Waals surface area contributed by atoms with E-state index in [1.54, 1.807) is 11.0 Å². The normalized spacial score (nSPS) is 17.3. The highest BCUT2D eigenvalue weighted by atomic mass is 35.5. The molecule has 1 N–H and O–H groups in total. The molecule has 3 aromatic rings. The Morgan fingerprint density at radius 2 is 1.91 bits per heavy atom. The van der Waals surface area contributed by atoms with Gasteiger partial charge in [-0.1, -0.05) is 53.7 Å². The van der Waals surface area contributed by atoms with Crippen molar-refractivity contribution in [2.45, 2.75) is 35.3 Å². The fraction of sp³-hybridized carbons (Fsp3) is 0.231. The number of amides is 2. The molecule has 0 saturated carbocycles. The highest BCUT2D eigenvalue weighted by molar-refractivity contribution is 7.99. The summed E-state index contributed by atoms with van der Waals surface area (Å²) in [6, 6.07) is 20.6. The molecule has 1 saturated heterocycles. The molecule has 2 amide bonds. The third kappa shape index (κ3) is 4.64. The molecule has 0 aromatic heterocycles. The molecule has 2 heterocycles. The second-order valence-electron chi connectivity index (χ2n) is 8.11. The second-order valence-corrected chi connectivity index (χ2v) is 9.60. The van der Waals surface area contributed by atoms with E-state index in [9.17, 15) is 9.59 Å². The van der Waals surface area contributed by atoms with Crippen LogP contribution < -0.4 is 10.2 Å². The van der Waals surface area contributed by atoms with Gasteiger partial charge in [-0.15, -0.1) is 0 Å². The summed E-state index contributed by atoms with van der Waals surface area (Å²) in [5.74, 6) is -0.293. The molecule has 1 fully saturated rings. The van der Waals surface area contributed by atoms with E-state index in [0.717, 1.165) is 34.8 Å². The number of benzene rings is 3. The van der Waals surface area contributed by atoms with E-state index in [1.165, 1.54) is 11.8 Å². The van der Waals surface area contributed by atoms with Gasteiger partial charge >= 0.3 is 0 Å². The molecule has 0 spiro atoms. The molecule has 3 aromatic carbocycles. The maximum absolute atomic E-state index is 13.6. The van der Waals surface area contributed by atoms with Crippen LogP contribution >= 0.6 is 23.4 Å². The van der Waals surface area contributed by atoms with Gasteiger partial charge in [-0.05, 0) is 54.8 Å². The van der Waals surface area contributed by atoms with Crippen LogP contribution in [0.4, 0.5) is 5.69 Å². The molecule has 1 unspecified atom stereocenters. The minimum Gasteiger partial charge on any atom is -0.376 e. The number of fused-ring (bicyclic) bond motifs is 2. The van der Waals surface area contributed by atoms with Gasteiger partial charge in [0.15, 0.2) is 0 Å². The zero-order valence-corrected chi connectivity index (χ0v) is 19.5. The highest BCUT2D eigenvalue weighted by Gasteiger charge is 2.29. The minimum atomic E-state index is -0.176. The lowest BCUT2D eigenvalue weighted by Gasteiger charge is -2.24. The number of anilines is 1. The first kappa shape index (κ1) is 22.0. The van der Waals surface area contributed by atoms with Crippen molar-refractivity contribution in [1.29, 1.82) is 0 Å². The SMILES string of the molecule is O=C(NCC1CCCO1)c1ccc2c(c1)N(Cc1ccccc1Cl)C(=O)c1ccccc1S2. The van der Waals surface area contributed by atoms with E-state index in [4.69, 9.17) is 16.3 Å². The average Bonchev–Trinajstić information content (AvgIpc) is 3.32. The average molecular weight is 479 g/mol. The Kier molecular flexibility index (Phi) is 6.40. The summed E-state index contributed by atoms with van der Waals surface area (Å²) < 4.78 is 5.61. The Balaban J connectivity index is 1.50. The summed E-state index contributed by atoms with van der Waals surface area (Å²) >= 11 is 7.96. The number of ether oxygens (including phenoxy) is 1. The molecule has 5 nitrogen and oxygen atoms in total. The van der Waals surface area contributed by atoms with Crippen LogP contribution in [0, 0.1) is 0 Å². The fourth-order valence-electron chi connectivity index (χ4n) is 4.13. The Hall–Kier alpha value is -2.80. The maximum atomic E-state index is 13.6. The fourth-order valence-corrected chi connectivity index (χ4v) is 5.38. The van der Waals surface area contributed by atoms with Crippen LogP contribution in [0.2, 0.25) is 5.02 Å². The Morgan fingerprint density at radius 1 is 1.09 bits per heavy atom. The molecular formula is C26H23ClN2O3S. The number of carbonyl (C=O) groups is 2. The van der Waals surface area contributed by atoms with E-state index < -0.39 is 0 Å². The van der Waals surface area contributed by atoms with Crippen LogP contribution in [0.25, 0.3) is 0 Å². The first-order chi connectivity index (χ1) is 16.1. The zero-order chi connectivity index (χ0) is 22.8. The molecule has 0 aliphatic carbocycles. The topological polar surface area (TPSA) is 58.6 Å².